The number of nitriles is 1. The largest absolute Gasteiger partial charge is 0.465 e. The van der Waals surface area contributed by atoms with Gasteiger partial charge in [0, 0.05) is 6.42 Å². The molecule has 1 rings (SSSR count). The maximum Gasteiger partial charge on any atom is 0.323 e. The van der Waals surface area contributed by atoms with Crippen LogP contribution in [0.4, 0.5) is 4.39 Å². The molecule has 0 radical (unpaired) electrons. The van der Waals surface area contributed by atoms with Crippen molar-refractivity contribution in [2.24, 2.45) is 5.92 Å². The first-order chi connectivity index (χ1) is 8.10. The molecule has 5 heteroatoms. The van der Waals surface area contributed by atoms with E-state index in [-0.39, 0.29) is 17.5 Å². The molecular weight excluding hydrogens is 289 g/mol. The smallest absolute Gasteiger partial charge is 0.323 e. The van der Waals surface area contributed by atoms with Crippen LogP contribution in [0.15, 0.2) is 22.7 Å². The molecule has 0 aliphatic heterocycles. The van der Waals surface area contributed by atoms with Crippen molar-refractivity contribution in [1.82, 2.24) is 0 Å². The average Bonchev–Trinajstić information content (AvgIpc) is 2.31. The molecule has 0 spiro atoms. The summed E-state index contributed by atoms with van der Waals surface area (Å²) in [6.07, 6.45) is 0.133. The highest BCUT2D eigenvalue weighted by Crippen LogP contribution is 2.23. The molecule has 1 aromatic rings. The van der Waals surface area contributed by atoms with E-state index in [2.05, 4.69) is 15.9 Å². The van der Waals surface area contributed by atoms with Gasteiger partial charge < -0.3 is 4.74 Å². The third-order valence-corrected chi connectivity index (χ3v) is 3.07. The third kappa shape index (κ3) is 3.53. The van der Waals surface area contributed by atoms with Gasteiger partial charge in [0.25, 0.3) is 0 Å². The molecular formula is C12H11BrFNO2. The number of ether oxygens (including phenoxy) is 1. The van der Waals surface area contributed by atoms with Gasteiger partial charge in [-0.1, -0.05) is 12.1 Å². The Balaban J connectivity index is 2.85. The predicted octanol–water partition coefficient (Wildman–Crippen LogP) is 2.83. The average molecular weight is 300 g/mol. The number of hydrogen-bond acceptors (Lipinski definition) is 3. The molecule has 0 aliphatic carbocycles. The summed E-state index contributed by atoms with van der Waals surface area (Å²) in [7, 11) is 0. The number of hydrogen-bond donors (Lipinski definition) is 0. The number of nitrogens with zero attached hydrogens (tertiary/aromatic N) is 1. The van der Waals surface area contributed by atoms with E-state index in [1.54, 1.807) is 13.0 Å². The quantitative estimate of drug-likeness (QED) is 0.803. The van der Waals surface area contributed by atoms with E-state index in [1.807, 2.05) is 6.07 Å². The molecule has 0 saturated carbocycles. The molecule has 0 bridgehead atoms. The number of esters is 1. The van der Waals surface area contributed by atoms with Crippen molar-refractivity contribution < 1.29 is 13.9 Å². The SMILES string of the molecule is CCOC(=O)C(C#N)Cc1cccc(F)c1Br. The Morgan fingerprint density at radius 1 is 1.65 bits per heavy atom. The Morgan fingerprint density at radius 2 is 2.35 bits per heavy atom. The van der Waals surface area contributed by atoms with Crippen molar-refractivity contribution >= 4 is 21.9 Å². The topological polar surface area (TPSA) is 50.1 Å². The second-order valence-corrected chi connectivity index (χ2v) is 4.14. The number of carbonyl (C=O) groups excluding carboxylic acids is 1. The molecule has 3 nitrogen and oxygen atoms in total. The number of halogens is 2. The summed E-state index contributed by atoms with van der Waals surface area (Å²) in [5.74, 6) is -1.90. The van der Waals surface area contributed by atoms with Crippen LogP contribution < -0.4 is 0 Å². The minimum absolute atomic E-state index is 0.133. The Labute approximate surface area is 107 Å². The summed E-state index contributed by atoms with van der Waals surface area (Å²) in [6.45, 7) is 1.89. The molecule has 0 N–H and O–H groups in total. The first-order valence-electron chi connectivity index (χ1n) is 5.09. The lowest BCUT2D eigenvalue weighted by molar-refractivity contribution is -0.145. The lowest BCUT2D eigenvalue weighted by Crippen LogP contribution is -2.18. The zero-order valence-corrected chi connectivity index (χ0v) is 10.8. The van der Waals surface area contributed by atoms with Crippen LogP contribution in [-0.4, -0.2) is 12.6 Å². The van der Waals surface area contributed by atoms with Crippen molar-refractivity contribution in [2.45, 2.75) is 13.3 Å². The van der Waals surface area contributed by atoms with E-state index in [1.165, 1.54) is 12.1 Å². The van der Waals surface area contributed by atoms with Crippen molar-refractivity contribution in [3.8, 4) is 6.07 Å². The lowest BCUT2D eigenvalue weighted by Gasteiger charge is -2.09. The fourth-order valence-corrected chi connectivity index (χ4v) is 1.78. The van der Waals surface area contributed by atoms with Gasteiger partial charge >= 0.3 is 5.97 Å². The summed E-state index contributed by atoms with van der Waals surface area (Å²) in [5, 5.41) is 8.88. The predicted molar refractivity (Wildman–Crippen MR) is 63.5 cm³/mol. The van der Waals surface area contributed by atoms with Crippen molar-refractivity contribution in [3.05, 3.63) is 34.1 Å². The lowest BCUT2D eigenvalue weighted by atomic mass is 10.0. The normalized spacial score (nSPS) is 11.6. The summed E-state index contributed by atoms with van der Waals surface area (Å²) < 4.78 is 18.3. The summed E-state index contributed by atoms with van der Waals surface area (Å²) in [6, 6.07) is 6.37. The van der Waals surface area contributed by atoms with E-state index in [0.29, 0.717) is 5.56 Å². The molecule has 90 valence electrons. The molecule has 0 amide bonds. The maximum absolute atomic E-state index is 13.2. The van der Waals surface area contributed by atoms with Crippen LogP contribution in [0, 0.1) is 23.1 Å². The van der Waals surface area contributed by atoms with Crippen LogP contribution in [0.1, 0.15) is 12.5 Å². The highest BCUT2D eigenvalue weighted by atomic mass is 79.9. The zero-order valence-electron chi connectivity index (χ0n) is 9.24. The van der Waals surface area contributed by atoms with E-state index >= 15 is 0 Å². The minimum Gasteiger partial charge on any atom is -0.465 e. The van der Waals surface area contributed by atoms with Crippen LogP contribution in [0.5, 0.6) is 0 Å². The minimum atomic E-state index is -0.909. The monoisotopic (exact) mass is 299 g/mol. The first kappa shape index (κ1) is 13.7. The fraction of sp³-hybridized carbons (Fsp3) is 0.333. The van der Waals surface area contributed by atoms with Gasteiger partial charge in [-0.3, -0.25) is 4.79 Å². The Hall–Kier alpha value is -1.41. The molecule has 0 saturated heterocycles. The second-order valence-electron chi connectivity index (χ2n) is 3.35. The first-order valence-corrected chi connectivity index (χ1v) is 5.88. The van der Waals surface area contributed by atoms with E-state index < -0.39 is 17.7 Å². The van der Waals surface area contributed by atoms with Crippen molar-refractivity contribution in [2.75, 3.05) is 6.61 Å². The van der Waals surface area contributed by atoms with Gasteiger partial charge in [0.15, 0.2) is 0 Å². The Kier molecular flexibility index (Phi) is 5.11. The molecule has 1 aromatic carbocycles. The molecule has 0 heterocycles. The van der Waals surface area contributed by atoms with Gasteiger partial charge in [-0.05, 0) is 34.5 Å². The van der Waals surface area contributed by atoms with Crippen LogP contribution in [0.2, 0.25) is 0 Å². The highest BCUT2D eigenvalue weighted by Gasteiger charge is 2.21. The molecule has 0 fully saturated rings. The zero-order chi connectivity index (χ0) is 12.8. The second kappa shape index (κ2) is 6.36. The van der Waals surface area contributed by atoms with Gasteiger partial charge in [0.05, 0.1) is 17.1 Å². The van der Waals surface area contributed by atoms with Crippen LogP contribution in [-0.2, 0) is 16.0 Å². The Morgan fingerprint density at radius 3 is 2.94 bits per heavy atom. The molecule has 1 atom stereocenters. The molecule has 0 aliphatic rings. The van der Waals surface area contributed by atoms with Gasteiger partial charge in [0.1, 0.15) is 11.7 Å². The number of rotatable bonds is 4. The summed E-state index contributed by atoms with van der Waals surface area (Å²) in [5.41, 5.74) is 0.574. The maximum atomic E-state index is 13.2. The van der Waals surface area contributed by atoms with Gasteiger partial charge in [-0.15, -0.1) is 0 Å². The highest BCUT2D eigenvalue weighted by molar-refractivity contribution is 9.10. The van der Waals surface area contributed by atoms with Crippen LogP contribution in [0.25, 0.3) is 0 Å². The van der Waals surface area contributed by atoms with Crippen molar-refractivity contribution in [1.29, 1.82) is 5.26 Å². The number of carbonyl (C=O) groups is 1. The molecule has 0 aromatic heterocycles. The summed E-state index contributed by atoms with van der Waals surface area (Å²) in [4.78, 5) is 11.4. The molecule has 1 unspecified atom stereocenters. The van der Waals surface area contributed by atoms with Gasteiger partial charge in [-0.2, -0.15) is 5.26 Å². The van der Waals surface area contributed by atoms with E-state index in [0.717, 1.165) is 0 Å². The van der Waals surface area contributed by atoms with Crippen LogP contribution >= 0.6 is 15.9 Å². The Bertz CT molecular complexity index is 456. The third-order valence-electron chi connectivity index (χ3n) is 2.18. The van der Waals surface area contributed by atoms with Gasteiger partial charge in [-0.25, -0.2) is 4.39 Å². The summed E-state index contributed by atoms with van der Waals surface area (Å²) >= 11 is 3.09. The van der Waals surface area contributed by atoms with Gasteiger partial charge in [0.2, 0.25) is 0 Å². The standard InChI is InChI=1S/C12H11BrFNO2/c1-2-17-12(16)9(7-15)6-8-4-3-5-10(14)11(8)13/h3-5,9H,2,6H2,1H3. The van der Waals surface area contributed by atoms with E-state index in [9.17, 15) is 9.18 Å². The van der Waals surface area contributed by atoms with Crippen molar-refractivity contribution in [3.63, 3.8) is 0 Å². The van der Waals surface area contributed by atoms with E-state index in [4.69, 9.17) is 10.00 Å². The number of benzene rings is 1. The fourth-order valence-electron chi connectivity index (χ4n) is 1.35. The molecule has 17 heavy (non-hydrogen) atoms. The van der Waals surface area contributed by atoms with Crippen LogP contribution in [0.3, 0.4) is 0 Å².